The Morgan fingerprint density at radius 1 is 1.50 bits per heavy atom. The van der Waals surface area contributed by atoms with E-state index in [1.807, 2.05) is 25.1 Å². The Kier molecular flexibility index (Phi) is 4.65. The fourth-order valence-corrected chi connectivity index (χ4v) is 3.40. The van der Waals surface area contributed by atoms with Crippen molar-refractivity contribution in [3.05, 3.63) is 6.42 Å². The third-order valence-corrected chi connectivity index (χ3v) is 5.83. The van der Waals surface area contributed by atoms with Crippen molar-refractivity contribution in [1.82, 2.24) is 0 Å². The first-order valence-corrected chi connectivity index (χ1v) is 8.38. The summed E-state index contributed by atoms with van der Waals surface area (Å²) < 4.78 is 0. The van der Waals surface area contributed by atoms with Gasteiger partial charge in [-0.2, -0.15) is 0 Å². The van der Waals surface area contributed by atoms with E-state index in [1.165, 1.54) is 5.38 Å². The molecule has 0 aromatic rings. The molecule has 0 aliphatic heterocycles. The topological polar surface area (TPSA) is 26.0 Å². The maximum atomic E-state index is 5.71. The average Bonchev–Trinajstić information content (AvgIpc) is 1.81. The van der Waals surface area contributed by atoms with Crippen molar-refractivity contribution in [3.8, 4) is 0 Å². The summed E-state index contributed by atoms with van der Waals surface area (Å²) in [5.74, 6) is 0. The van der Waals surface area contributed by atoms with Crippen LogP contribution in [0, 0.1) is 6.42 Å². The van der Waals surface area contributed by atoms with Crippen molar-refractivity contribution in [2.24, 2.45) is 5.73 Å². The molecule has 61 valence electrons. The van der Waals surface area contributed by atoms with Gasteiger partial charge < -0.3 is 5.73 Å². The molecule has 0 aromatic heterocycles. The highest BCUT2D eigenvalue weighted by Gasteiger charge is 2.14. The van der Waals surface area contributed by atoms with Gasteiger partial charge in [-0.15, -0.1) is 11.8 Å². The van der Waals surface area contributed by atoms with Crippen LogP contribution < -0.4 is 5.73 Å². The van der Waals surface area contributed by atoms with Crippen LogP contribution in [-0.2, 0) is 0 Å². The van der Waals surface area contributed by atoms with Crippen LogP contribution in [0.1, 0.15) is 6.92 Å². The highest BCUT2D eigenvalue weighted by Crippen LogP contribution is 2.14. The standard InChI is InChI=1S/C7H18NSSi/c1-5-7(8)9-6-10(2,3)4/h5,7H,6,8H2,1-4H3. The molecule has 0 fully saturated rings. The molecule has 0 amide bonds. The van der Waals surface area contributed by atoms with Gasteiger partial charge in [-0.1, -0.05) is 26.6 Å². The zero-order chi connectivity index (χ0) is 8.20. The molecule has 1 nitrogen and oxygen atoms in total. The number of nitrogens with two attached hydrogens (primary N) is 1. The molecule has 0 bridgehead atoms. The second-order valence-corrected chi connectivity index (χ2v) is 10.8. The van der Waals surface area contributed by atoms with Gasteiger partial charge in [0.25, 0.3) is 0 Å². The Bertz CT molecular complexity index is 90.1. The summed E-state index contributed by atoms with van der Waals surface area (Å²) in [6, 6.07) is 0. The number of thioether (sulfide) groups is 1. The highest BCUT2D eigenvalue weighted by molar-refractivity contribution is 8.01. The smallest absolute Gasteiger partial charge is 0.0549 e. The SMILES string of the molecule is C[CH]C(N)SC[Si](C)(C)C. The van der Waals surface area contributed by atoms with Crippen LogP contribution in [0.5, 0.6) is 0 Å². The summed E-state index contributed by atoms with van der Waals surface area (Å²) in [5, 5.41) is 1.50. The lowest BCUT2D eigenvalue weighted by Crippen LogP contribution is -2.27. The zero-order valence-corrected chi connectivity index (χ0v) is 9.16. The summed E-state index contributed by atoms with van der Waals surface area (Å²) in [4.78, 5) is 0. The van der Waals surface area contributed by atoms with Crippen LogP contribution >= 0.6 is 11.8 Å². The highest BCUT2D eigenvalue weighted by atomic mass is 32.2. The molecule has 0 heterocycles. The van der Waals surface area contributed by atoms with Crippen LogP contribution in [0.4, 0.5) is 0 Å². The summed E-state index contributed by atoms with van der Waals surface area (Å²) in [6.07, 6.45) is 2.05. The van der Waals surface area contributed by atoms with Crippen molar-refractivity contribution in [2.45, 2.75) is 31.9 Å². The Morgan fingerprint density at radius 3 is 2.30 bits per heavy atom. The molecular weight excluding hydrogens is 158 g/mol. The van der Waals surface area contributed by atoms with Crippen LogP contribution in [0.15, 0.2) is 0 Å². The molecule has 10 heavy (non-hydrogen) atoms. The Labute approximate surface area is 69.8 Å². The molecule has 0 aromatic carbocycles. The van der Waals surface area contributed by atoms with Gasteiger partial charge in [0, 0.05) is 0 Å². The van der Waals surface area contributed by atoms with Gasteiger partial charge >= 0.3 is 0 Å². The van der Waals surface area contributed by atoms with Gasteiger partial charge in [0.2, 0.25) is 0 Å². The molecule has 0 saturated carbocycles. The molecule has 1 atom stereocenters. The lowest BCUT2D eigenvalue weighted by molar-refractivity contribution is 1.06. The van der Waals surface area contributed by atoms with Crippen molar-refractivity contribution in [2.75, 3.05) is 5.38 Å². The van der Waals surface area contributed by atoms with Crippen molar-refractivity contribution >= 4 is 19.8 Å². The molecular formula is C7H18NSSi. The van der Waals surface area contributed by atoms with Gasteiger partial charge in [0.1, 0.15) is 0 Å². The van der Waals surface area contributed by atoms with E-state index in [0.29, 0.717) is 0 Å². The number of rotatable bonds is 4. The van der Waals surface area contributed by atoms with Gasteiger partial charge in [-0.05, 0) is 11.8 Å². The van der Waals surface area contributed by atoms with Gasteiger partial charge in [0.15, 0.2) is 0 Å². The predicted molar refractivity (Wildman–Crippen MR) is 53.8 cm³/mol. The summed E-state index contributed by atoms with van der Waals surface area (Å²) in [6.45, 7) is 9.11. The van der Waals surface area contributed by atoms with Crippen LogP contribution in [-0.4, -0.2) is 18.8 Å². The Hall–Kier alpha value is 0.527. The summed E-state index contributed by atoms with van der Waals surface area (Å²) >= 11 is 1.87. The maximum Gasteiger partial charge on any atom is 0.0549 e. The molecule has 0 saturated heterocycles. The number of hydrogen-bond donors (Lipinski definition) is 1. The summed E-state index contributed by atoms with van der Waals surface area (Å²) in [5.41, 5.74) is 5.71. The van der Waals surface area contributed by atoms with E-state index < -0.39 is 8.07 Å². The Morgan fingerprint density at radius 2 is 2.00 bits per heavy atom. The van der Waals surface area contributed by atoms with E-state index in [4.69, 9.17) is 5.73 Å². The Balaban J connectivity index is 3.36. The third kappa shape index (κ3) is 6.64. The first-order chi connectivity index (χ1) is 4.45. The zero-order valence-electron chi connectivity index (χ0n) is 7.35. The summed E-state index contributed by atoms with van der Waals surface area (Å²) in [7, 11) is -0.873. The maximum absolute atomic E-state index is 5.71. The molecule has 0 aliphatic carbocycles. The fraction of sp³-hybridized carbons (Fsp3) is 0.857. The van der Waals surface area contributed by atoms with Crippen LogP contribution in [0.25, 0.3) is 0 Å². The second kappa shape index (κ2) is 4.41. The number of hydrogen-bond acceptors (Lipinski definition) is 2. The lowest BCUT2D eigenvalue weighted by Gasteiger charge is -2.17. The first kappa shape index (κ1) is 10.5. The van der Waals surface area contributed by atoms with Crippen molar-refractivity contribution in [3.63, 3.8) is 0 Å². The third-order valence-electron chi connectivity index (χ3n) is 1.04. The minimum atomic E-state index is -0.873. The van der Waals surface area contributed by atoms with E-state index in [0.717, 1.165) is 0 Å². The van der Waals surface area contributed by atoms with E-state index in [-0.39, 0.29) is 5.37 Å². The predicted octanol–water partition coefficient (Wildman–Crippen LogP) is 2.11. The van der Waals surface area contributed by atoms with Gasteiger partial charge in [-0.3, -0.25) is 0 Å². The van der Waals surface area contributed by atoms with Crippen molar-refractivity contribution < 1.29 is 0 Å². The largest absolute Gasteiger partial charge is 0.319 e. The van der Waals surface area contributed by atoms with Crippen molar-refractivity contribution in [1.29, 1.82) is 0 Å². The fourth-order valence-electron chi connectivity index (χ4n) is 0.442. The first-order valence-electron chi connectivity index (χ1n) is 3.62. The molecule has 0 spiro atoms. The molecule has 1 radical (unpaired) electrons. The quantitative estimate of drug-likeness (QED) is 0.524. The van der Waals surface area contributed by atoms with E-state index in [1.54, 1.807) is 0 Å². The second-order valence-electron chi connectivity index (χ2n) is 3.67. The van der Waals surface area contributed by atoms with Crippen LogP contribution in [0.2, 0.25) is 19.6 Å². The monoisotopic (exact) mass is 176 g/mol. The normalized spacial score (nSPS) is 15.3. The van der Waals surface area contributed by atoms with E-state index >= 15 is 0 Å². The molecule has 0 rings (SSSR count). The lowest BCUT2D eigenvalue weighted by atomic mass is 10.5. The molecule has 3 heteroatoms. The van der Waals surface area contributed by atoms with Gasteiger partial charge in [0.05, 0.1) is 13.4 Å². The minimum Gasteiger partial charge on any atom is -0.319 e. The molecule has 2 N–H and O–H groups in total. The van der Waals surface area contributed by atoms with Gasteiger partial charge in [-0.25, -0.2) is 0 Å². The molecule has 0 aliphatic rings. The minimum absolute atomic E-state index is 0.242. The molecule has 1 unspecified atom stereocenters. The average molecular weight is 176 g/mol. The van der Waals surface area contributed by atoms with E-state index in [2.05, 4.69) is 19.6 Å². The van der Waals surface area contributed by atoms with Crippen LogP contribution in [0.3, 0.4) is 0 Å². The van der Waals surface area contributed by atoms with E-state index in [9.17, 15) is 0 Å².